The monoisotopic (exact) mass is 320 g/mol. The number of nitrogens with zero attached hydrogens (tertiary/aromatic N) is 5. The zero-order valence-corrected chi connectivity index (χ0v) is 13.6. The van der Waals surface area contributed by atoms with Crippen molar-refractivity contribution in [2.75, 3.05) is 31.5 Å². The number of nitrogens with one attached hydrogen (secondary N) is 1. The van der Waals surface area contributed by atoms with Crippen LogP contribution in [-0.2, 0) is 7.05 Å². The third kappa shape index (κ3) is 3.12. The van der Waals surface area contributed by atoms with Gasteiger partial charge >= 0.3 is 6.03 Å². The van der Waals surface area contributed by atoms with Gasteiger partial charge in [-0.25, -0.2) is 9.48 Å². The number of piperazine rings is 1. The lowest BCUT2D eigenvalue weighted by molar-refractivity contribution is 0.119. The van der Waals surface area contributed by atoms with E-state index in [2.05, 4.69) is 44.0 Å². The number of aryl methyl sites for hydroxylation is 1. The molecular formula is C14H20N6OS. The third-order valence-electron chi connectivity index (χ3n) is 4.10. The van der Waals surface area contributed by atoms with Crippen LogP contribution in [0.5, 0.6) is 0 Å². The average Bonchev–Trinajstić information content (AvgIpc) is 3.19. The maximum Gasteiger partial charge on any atom is 0.324 e. The molecule has 1 aliphatic heterocycles. The topological polar surface area (TPSA) is 66.3 Å². The van der Waals surface area contributed by atoms with Crippen LogP contribution in [0.3, 0.4) is 0 Å². The zero-order chi connectivity index (χ0) is 15.5. The van der Waals surface area contributed by atoms with Crippen molar-refractivity contribution in [1.29, 1.82) is 0 Å². The van der Waals surface area contributed by atoms with Crippen LogP contribution in [0.4, 0.5) is 10.7 Å². The van der Waals surface area contributed by atoms with E-state index in [0.29, 0.717) is 12.0 Å². The Kier molecular flexibility index (Phi) is 4.39. The molecule has 7 nitrogen and oxygen atoms in total. The Bertz CT molecular complexity index is 617. The number of carbonyl (C=O) groups is 1. The van der Waals surface area contributed by atoms with E-state index in [4.69, 9.17) is 0 Å². The molecule has 1 fully saturated rings. The van der Waals surface area contributed by atoms with Gasteiger partial charge in [0.2, 0.25) is 5.95 Å². The number of aromatic nitrogens is 3. The van der Waals surface area contributed by atoms with E-state index in [1.165, 1.54) is 11.9 Å². The maximum atomic E-state index is 12.2. The highest BCUT2D eigenvalue weighted by Crippen LogP contribution is 2.23. The first-order valence-corrected chi connectivity index (χ1v) is 8.25. The quantitative estimate of drug-likeness (QED) is 0.936. The van der Waals surface area contributed by atoms with E-state index in [1.54, 1.807) is 23.1 Å². The smallest absolute Gasteiger partial charge is 0.322 e. The number of carbonyl (C=O) groups excluding carboxylic acids is 1. The second-order valence-corrected chi connectivity index (χ2v) is 6.17. The Morgan fingerprint density at radius 3 is 2.73 bits per heavy atom. The van der Waals surface area contributed by atoms with Crippen molar-refractivity contribution in [3.05, 3.63) is 28.7 Å². The first-order chi connectivity index (χ1) is 10.6. The van der Waals surface area contributed by atoms with Gasteiger partial charge in [-0.2, -0.15) is 21.4 Å². The summed E-state index contributed by atoms with van der Waals surface area (Å²) in [5.41, 5.74) is 1.35. The van der Waals surface area contributed by atoms with Gasteiger partial charge in [0, 0.05) is 39.3 Å². The van der Waals surface area contributed by atoms with Crippen molar-refractivity contribution in [3.8, 4) is 0 Å². The Hall–Kier alpha value is -1.93. The Labute approximate surface area is 133 Å². The molecule has 1 N–H and O–H groups in total. The van der Waals surface area contributed by atoms with E-state index < -0.39 is 0 Å². The lowest BCUT2D eigenvalue weighted by atomic mass is 10.1. The van der Waals surface area contributed by atoms with E-state index in [9.17, 15) is 4.79 Å². The molecular weight excluding hydrogens is 300 g/mol. The van der Waals surface area contributed by atoms with Crippen molar-refractivity contribution >= 4 is 23.3 Å². The molecule has 1 atom stereocenters. The normalized spacial score (nSPS) is 17.5. The molecule has 0 bridgehead atoms. The number of thiophene rings is 1. The number of rotatable bonds is 3. The maximum absolute atomic E-state index is 12.2. The fraction of sp³-hybridized carbons (Fsp3) is 0.500. The van der Waals surface area contributed by atoms with Crippen LogP contribution >= 0.6 is 11.3 Å². The van der Waals surface area contributed by atoms with Gasteiger partial charge in [-0.05, 0) is 29.3 Å². The summed E-state index contributed by atoms with van der Waals surface area (Å²) in [5, 5.41) is 11.0. The Balaban J connectivity index is 1.53. The summed E-state index contributed by atoms with van der Waals surface area (Å²) in [4.78, 5) is 20.5. The van der Waals surface area contributed by atoms with E-state index in [-0.39, 0.29) is 6.03 Å². The SMILES string of the molecule is C[C@@H](c1ccsc1)N1CCN(C(=O)Nc2ncnn2C)CC1. The molecule has 0 radical (unpaired) electrons. The van der Waals surface area contributed by atoms with Crippen LogP contribution < -0.4 is 5.32 Å². The number of amides is 2. The van der Waals surface area contributed by atoms with Gasteiger partial charge in [0.25, 0.3) is 0 Å². The number of anilines is 1. The number of urea groups is 1. The van der Waals surface area contributed by atoms with Crippen LogP contribution in [0.1, 0.15) is 18.5 Å². The molecule has 1 aliphatic rings. The predicted molar refractivity (Wildman–Crippen MR) is 85.9 cm³/mol. The highest BCUT2D eigenvalue weighted by molar-refractivity contribution is 7.07. The second-order valence-electron chi connectivity index (χ2n) is 5.39. The molecule has 2 amide bonds. The third-order valence-corrected chi connectivity index (χ3v) is 4.81. The summed E-state index contributed by atoms with van der Waals surface area (Å²) in [5.74, 6) is 0.471. The summed E-state index contributed by atoms with van der Waals surface area (Å²) in [6, 6.07) is 2.46. The van der Waals surface area contributed by atoms with Gasteiger partial charge in [0.15, 0.2) is 0 Å². The van der Waals surface area contributed by atoms with Crippen molar-refractivity contribution in [2.45, 2.75) is 13.0 Å². The van der Waals surface area contributed by atoms with Crippen molar-refractivity contribution in [3.63, 3.8) is 0 Å². The lowest BCUT2D eigenvalue weighted by Crippen LogP contribution is -2.50. The van der Waals surface area contributed by atoms with Gasteiger partial charge in [-0.1, -0.05) is 0 Å². The molecule has 2 aromatic heterocycles. The Morgan fingerprint density at radius 2 is 2.14 bits per heavy atom. The van der Waals surface area contributed by atoms with E-state index >= 15 is 0 Å². The number of hydrogen-bond acceptors (Lipinski definition) is 5. The van der Waals surface area contributed by atoms with Gasteiger partial charge in [0.1, 0.15) is 6.33 Å². The zero-order valence-electron chi connectivity index (χ0n) is 12.8. The molecule has 8 heteroatoms. The molecule has 0 aliphatic carbocycles. The van der Waals surface area contributed by atoms with Crippen LogP contribution in [0, 0.1) is 0 Å². The predicted octanol–water partition coefficient (Wildman–Crippen LogP) is 1.79. The largest absolute Gasteiger partial charge is 0.324 e. The lowest BCUT2D eigenvalue weighted by Gasteiger charge is -2.37. The van der Waals surface area contributed by atoms with Crippen LogP contribution in [0.15, 0.2) is 23.2 Å². The molecule has 0 aromatic carbocycles. The highest BCUT2D eigenvalue weighted by atomic mass is 32.1. The summed E-state index contributed by atoms with van der Waals surface area (Å²) >= 11 is 1.72. The van der Waals surface area contributed by atoms with Crippen LogP contribution in [-0.4, -0.2) is 56.8 Å². The minimum absolute atomic E-state index is 0.112. The first-order valence-electron chi connectivity index (χ1n) is 7.31. The molecule has 0 unspecified atom stereocenters. The fourth-order valence-electron chi connectivity index (χ4n) is 2.62. The standard InChI is InChI=1S/C14H20N6OS/c1-11(12-3-8-22-9-12)19-4-6-20(7-5-19)14(21)17-13-15-10-16-18(13)2/h3,8-11H,4-7H2,1-2H3,(H,15,16,17,21)/t11-/m0/s1. The molecule has 118 valence electrons. The Morgan fingerprint density at radius 1 is 1.36 bits per heavy atom. The highest BCUT2D eigenvalue weighted by Gasteiger charge is 2.25. The summed E-state index contributed by atoms with van der Waals surface area (Å²) in [6.07, 6.45) is 1.43. The number of hydrogen-bond donors (Lipinski definition) is 1. The van der Waals surface area contributed by atoms with Gasteiger partial charge in [-0.15, -0.1) is 0 Å². The molecule has 0 spiro atoms. The summed E-state index contributed by atoms with van der Waals surface area (Å²) in [7, 11) is 1.75. The molecule has 2 aromatic rings. The van der Waals surface area contributed by atoms with Crippen LogP contribution in [0.2, 0.25) is 0 Å². The van der Waals surface area contributed by atoms with Gasteiger partial charge in [-0.3, -0.25) is 10.2 Å². The summed E-state index contributed by atoms with van der Waals surface area (Å²) < 4.78 is 1.55. The minimum atomic E-state index is -0.112. The molecule has 3 heterocycles. The van der Waals surface area contributed by atoms with E-state index in [0.717, 1.165) is 26.2 Å². The molecule has 3 rings (SSSR count). The van der Waals surface area contributed by atoms with Crippen molar-refractivity contribution in [2.24, 2.45) is 7.05 Å². The van der Waals surface area contributed by atoms with Gasteiger partial charge < -0.3 is 4.90 Å². The van der Waals surface area contributed by atoms with E-state index in [1.807, 2.05) is 4.90 Å². The van der Waals surface area contributed by atoms with Gasteiger partial charge in [0.05, 0.1) is 0 Å². The second kappa shape index (κ2) is 6.45. The average molecular weight is 320 g/mol. The molecule has 0 saturated carbocycles. The fourth-order valence-corrected chi connectivity index (χ4v) is 3.37. The van der Waals surface area contributed by atoms with Crippen molar-refractivity contribution < 1.29 is 4.79 Å². The molecule has 22 heavy (non-hydrogen) atoms. The molecule has 1 saturated heterocycles. The van der Waals surface area contributed by atoms with Crippen molar-refractivity contribution in [1.82, 2.24) is 24.6 Å². The van der Waals surface area contributed by atoms with Crippen LogP contribution in [0.25, 0.3) is 0 Å². The summed E-state index contributed by atoms with van der Waals surface area (Å²) in [6.45, 7) is 5.42. The minimum Gasteiger partial charge on any atom is -0.322 e. The first kappa shape index (κ1) is 15.0.